The average Bonchev–Trinajstić information content (AvgIpc) is 2.12. The van der Waals surface area contributed by atoms with Crippen LogP contribution in [0.1, 0.15) is 20.3 Å². The van der Waals surface area contributed by atoms with E-state index < -0.39 is 10.0 Å². The van der Waals surface area contributed by atoms with Crippen LogP contribution in [-0.2, 0) is 10.0 Å². The molecule has 0 saturated carbocycles. The molecule has 0 N–H and O–H groups in total. The predicted molar refractivity (Wildman–Crippen MR) is 50.9 cm³/mol. The normalized spacial score (nSPS) is 21.2. The summed E-state index contributed by atoms with van der Waals surface area (Å²) in [5.41, 5.74) is 0. The highest BCUT2D eigenvalue weighted by Crippen LogP contribution is 2.09. The molecular weight excluding hydrogens is 176 g/mol. The number of rotatable bonds is 1. The van der Waals surface area contributed by atoms with Crippen LogP contribution in [0.25, 0.3) is 0 Å². The second-order valence-corrected chi connectivity index (χ2v) is 4.41. The summed E-state index contributed by atoms with van der Waals surface area (Å²) in [6, 6.07) is 0. The minimum atomic E-state index is -3.19. The van der Waals surface area contributed by atoms with Crippen LogP contribution < -0.4 is 0 Å². The molecule has 12 heavy (non-hydrogen) atoms. The summed E-state index contributed by atoms with van der Waals surface area (Å²) < 4.78 is 25.0. The Hall–Kier alpha value is -0.580. The second kappa shape index (κ2) is 3.89. The molecule has 0 atom stereocenters. The maximum absolute atomic E-state index is 10.7. The van der Waals surface area contributed by atoms with Gasteiger partial charge >= 0.3 is 0 Å². The molecule has 0 unspecified atom stereocenters. The van der Waals surface area contributed by atoms with E-state index in [1.807, 2.05) is 11.9 Å². The van der Waals surface area contributed by atoms with Crippen LogP contribution in [0.4, 0.5) is 0 Å². The standard InChI is InChI=1S/C6H12N2O2S.CH4/c1-8-5-3-4-6(8)7-11(2,9)10;/h3-5H2,1-2H3;1H4. The molecule has 0 aromatic heterocycles. The Morgan fingerprint density at radius 2 is 2.08 bits per heavy atom. The van der Waals surface area contributed by atoms with Crippen LogP contribution >= 0.6 is 0 Å². The molecule has 1 aliphatic heterocycles. The van der Waals surface area contributed by atoms with Crippen molar-refractivity contribution in [2.24, 2.45) is 4.40 Å². The number of likely N-dealkylation sites (tertiary alicyclic amines) is 1. The van der Waals surface area contributed by atoms with Gasteiger partial charge < -0.3 is 4.90 Å². The lowest BCUT2D eigenvalue weighted by Gasteiger charge is -2.09. The highest BCUT2D eigenvalue weighted by molar-refractivity contribution is 7.89. The molecule has 1 rings (SSSR count). The van der Waals surface area contributed by atoms with Gasteiger partial charge in [-0.25, -0.2) is 8.42 Å². The third-order valence-corrected chi connectivity index (χ3v) is 2.15. The summed E-state index contributed by atoms with van der Waals surface area (Å²) in [5.74, 6) is 0.688. The summed E-state index contributed by atoms with van der Waals surface area (Å²) in [7, 11) is -1.34. The third-order valence-electron chi connectivity index (χ3n) is 1.61. The molecule has 0 bridgehead atoms. The van der Waals surface area contributed by atoms with E-state index in [4.69, 9.17) is 0 Å². The molecule has 1 aliphatic rings. The zero-order chi connectivity index (χ0) is 8.48. The van der Waals surface area contributed by atoms with Gasteiger partial charge in [0, 0.05) is 20.0 Å². The number of hydrogen-bond donors (Lipinski definition) is 0. The zero-order valence-electron chi connectivity index (χ0n) is 6.74. The first-order valence-electron chi connectivity index (χ1n) is 3.49. The third kappa shape index (κ3) is 3.21. The fourth-order valence-electron chi connectivity index (χ4n) is 1.10. The van der Waals surface area contributed by atoms with E-state index in [2.05, 4.69) is 4.40 Å². The van der Waals surface area contributed by atoms with E-state index in [9.17, 15) is 8.42 Å². The zero-order valence-corrected chi connectivity index (χ0v) is 7.56. The van der Waals surface area contributed by atoms with Crippen molar-refractivity contribution >= 4 is 15.9 Å². The number of hydrogen-bond acceptors (Lipinski definition) is 2. The maximum Gasteiger partial charge on any atom is 0.251 e. The Morgan fingerprint density at radius 3 is 2.42 bits per heavy atom. The summed E-state index contributed by atoms with van der Waals surface area (Å²) in [6.07, 6.45) is 2.90. The highest BCUT2D eigenvalue weighted by Gasteiger charge is 2.15. The molecule has 0 spiro atoms. The van der Waals surface area contributed by atoms with Crippen LogP contribution in [0, 0.1) is 0 Å². The number of sulfonamides is 1. The Labute approximate surface area is 74.3 Å². The predicted octanol–water partition coefficient (Wildman–Crippen LogP) is 0.706. The summed E-state index contributed by atoms with van der Waals surface area (Å²) >= 11 is 0. The van der Waals surface area contributed by atoms with Gasteiger partial charge in [0.05, 0.1) is 6.26 Å². The molecule has 4 nitrogen and oxygen atoms in total. The maximum atomic E-state index is 10.7. The van der Waals surface area contributed by atoms with Crippen LogP contribution in [0.2, 0.25) is 0 Å². The molecule has 5 heteroatoms. The van der Waals surface area contributed by atoms with Gasteiger partial charge in [-0.05, 0) is 6.42 Å². The summed E-state index contributed by atoms with van der Waals surface area (Å²) in [5, 5.41) is 0. The van der Waals surface area contributed by atoms with E-state index in [1.165, 1.54) is 0 Å². The fourth-order valence-corrected chi connectivity index (χ4v) is 1.71. The highest BCUT2D eigenvalue weighted by atomic mass is 32.2. The Kier molecular flexibility index (Phi) is 3.70. The lowest BCUT2D eigenvalue weighted by Crippen LogP contribution is -2.20. The van der Waals surface area contributed by atoms with Crippen LogP contribution in [0.5, 0.6) is 0 Å². The van der Waals surface area contributed by atoms with Gasteiger partial charge in [-0.3, -0.25) is 0 Å². The van der Waals surface area contributed by atoms with Gasteiger partial charge in [0.15, 0.2) is 0 Å². The van der Waals surface area contributed by atoms with E-state index in [-0.39, 0.29) is 7.43 Å². The first-order chi connectivity index (χ1) is 4.99. The van der Waals surface area contributed by atoms with Gasteiger partial charge in [0.1, 0.15) is 5.84 Å². The quantitative estimate of drug-likeness (QED) is 0.614. The summed E-state index contributed by atoms with van der Waals surface area (Å²) in [6.45, 7) is 0.911. The average molecular weight is 192 g/mol. The monoisotopic (exact) mass is 192 g/mol. The van der Waals surface area contributed by atoms with Crippen LogP contribution in [0.15, 0.2) is 4.40 Å². The first-order valence-corrected chi connectivity index (χ1v) is 5.34. The van der Waals surface area contributed by atoms with Crippen LogP contribution in [0.3, 0.4) is 0 Å². The molecule has 0 amide bonds. The number of nitrogens with zero attached hydrogens (tertiary/aromatic N) is 2. The molecule has 0 radical (unpaired) electrons. The van der Waals surface area contributed by atoms with Crippen molar-refractivity contribution in [3.63, 3.8) is 0 Å². The van der Waals surface area contributed by atoms with Crippen molar-refractivity contribution in [2.75, 3.05) is 19.8 Å². The molecule has 1 saturated heterocycles. The molecule has 0 aromatic rings. The largest absolute Gasteiger partial charge is 0.362 e. The Balaban J connectivity index is 0.00000121. The first kappa shape index (κ1) is 11.4. The Morgan fingerprint density at radius 1 is 1.50 bits per heavy atom. The van der Waals surface area contributed by atoms with Crippen molar-refractivity contribution in [3.05, 3.63) is 0 Å². The minimum absolute atomic E-state index is 0. The van der Waals surface area contributed by atoms with Crippen molar-refractivity contribution in [1.29, 1.82) is 0 Å². The van der Waals surface area contributed by atoms with Gasteiger partial charge in [-0.2, -0.15) is 4.40 Å². The second-order valence-electron chi connectivity index (χ2n) is 2.77. The SMILES string of the molecule is C.CN1CCCC1=NS(C)(=O)=O. The Bertz CT molecular complexity index is 269. The fraction of sp³-hybridized carbons (Fsp3) is 0.857. The van der Waals surface area contributed by atoms with Crippen molar-refractivity contribution in [2.45, 2.75) is 20.3 Å². The van der Waals surface area contributed by atoms with Crippen molar-refractivity contribution < 1.29 is 8.42 Å². The van der Waals surface area contributed by atoms with Crippen LogP contribution in [-0.4, -0.2) is 39.0 Å². The molecule has 1 fully saturated rings. The molecule has 0 aliphatic carbocycles. The van der Waals surface area contributed by atoms with E-state index in [0.29, 0.717) is 5.84 Å². The van der Waals surface area contributed by atoms with Crippen molar-refractivity contribution in [1.82, 2.24) is 4.90 Å². The molecule has 0 aromatic carbocycles. The minimum Gasteiger partial charge on any atom is -0.362 e. The van der Waals surface area contributed by atoms with Gasteiger partial charge in [-0.1, -0.05) is 7.43 Å². The number of amidine groups is 1. The topological polar surface area (TPSA) is 49.7 Å². The summed E-state index contributed by atoms with van der Waals surface area (Å²) in [4.78, 5) is 1.88. The van der Waals surface area contributed by atoms with Crippen molar-refractivity contribution in [3.8, 4) is 0 Å². The molecular formula is C7H16N2O2S. The van der Waals surface area contributed by atoms with E-state index in [1.54, 1.807) is 0 Å². The van der Waals surface area contributed by atoms with E-state index >= 15 is 0 Å². The molecule has 1 heterocycles. The molecule has 72 valence electrons. The smallest absolute Gasteiger partial charge is 0.251 e. The lowest BCUT2D eigenvalue weighted by atomic mass is 10.4. The van der Waals surface area contributed by atoms with E-state index in [0.717, 1.165) is 25.6 Å². The lowest BCUT2D eigenvalue weighted by molar-refractivity contribution is 0.549. The van der Waals surface area contributed by atoms with Gasteiger partial charge in [0.25, 0.3) is 10.0 Å². The van der Waals surface area contributed by atoms with Gasteiger partial charge in [-0.15, -0.1) is 0 Å². The van der Waals surface area contributed by atoms with Gasteiger partial charge in [0.2, 0.25) is 0 Å².